The summed E-state index contributed by atoms with van der Waals surface area (Å²) in [4.78, 5) is 0. The van der Waals surface area contributed by atoms with Crippen molar-refractivity contribution in [1.82, 2.24) is 5.43 Å². The van der Waals surface area contributed by atoms with Gasteiger partial charge in [-0.15, -0.1) is 0 Å². The standard InChI is InChI=1S/C14H16F2N2O/c15-11-4-3-10(14(16)9-11)8-12(18-17)5-6-13-2-1-7-19-13/h1-4,7,9,12,18H,5-6,8,17H2. The molecule has 1 heterocycles. The van der Waals surface area contributed by atoms with Gasteiger partial charge >= 0.3 is 0 Å². The summed E-state index contributed by atoms with van der Waals surface area (Å²) in [5.74, 6) is 5.21. The summed E-state index contributed by atoms with van der Waals surface area (Å²) in [7, 11) is 0. The maximum absolute atomic E-state index is 13.5. The third-order valence-electron chi connectivity index (χ3n) is 3.04. The number of hydrazine groups is 1. The SMILES string of the molecule is NNC(CCc1ccco1)Cc1ccc(F)cc1F. The van der Waals surface area contributed by atoms with Gasteiger partial charge in [0.2, 0.25) is 0 Å². The number of rotatable bonds is 6. The second-order valence-corrected chi connectivity index (χ2v) is 4.42. The van der Waals surface area contributed by atoms with Crippen LogP contribution in [0.25, 0.3) is 0 Å². The number of nitrogens with two attached hydrogens (primary N) is 1. The zero-order valence-corrected chi connectivity index (χ0v) is 10.4. The molecule has 0 amide bonds. The number of hydrogen-bond acceptors (Lipinski definition) is 3. The van der Waals surface area contributed by atoms with Crippen molar-refractivity contribution in [2.24, 2.45) is 5.84 Å². The molecule has 0 radical (unpaired) electrons. The van der Waals surface area contributed by atoms with Crippen LogP contribution >= 0.6 is 0 Å². The molecular formula is C14H16F2N2O. The molecule has 0 saturated carbocycles. The van der Waals surface area contributed by atoms with E-state index in [4.69, 9.17) is 10.3 Å². The summed E-state index contributed by atoms with van der Waals surface area (Å²) in [5, 5.41) is 0. The van der Waals surface area contributed by atoms with E-state index in [2.05, 4.69) is 5.43 Å². The molecule has 3 N–H and O–H groups in total. The van der Waals surface area contributed by atoms with Crippen molar-refractivity contribution in [1.29, 1.82) is 0 Å². The molecule has 2 aromatic rings. The molecule has 0 bridgehead atoms. The molecule has 0 spiro atoms. The van der Waals surface area contributed by atoms with Crippen LogP contribution in [0.1, 0.15) is 17.7 Å². The monoisotopic (exact) mass is 266 g/mol. The van der Waals surface area contributed by atoms with Crippen LogP contribution in [0.2, 0.25) is 0 Å². The summed E-state index contributed by atoms with van der Waals surface area (Å²) in [6, 6.07) is 7.19. The van der Waals surface area contributed by atoms with E-state index < -0.39 is 11.6 Å². The molecule has 1 atom stereocenters. The third kappa shape index (κ3) is 3.87. The summed E-state index contributed by atoms with van der Waals surface area (Å²) in [5.41, 5.74) is 3.10. The average Bonchev–Trinajstić information content (AvgIpc) is 2.90. The van der Waals surface area contributed by atoms with Gasteiger partial charge in [0.15, 0.2) is 0 Å². The minimum absolute atomic E-state index is 0.0925. The molecule has 0 aliphatic heterocycles. The fourth-order valence-corrected chi connectivity index (χ4v) is 1.97. The van der Waals surface area contributed by atoms with E-state index in [9.17, 15) is 8.78 Å². The molecule has 1 aromatic heterocycles. The van der Waals surface area contributed by atoms with E-state index >= 15 is 0 Å². The number of halogens is 2. The summed E-state index contributed by atoms with van der Waals surface area (Å²) in [6.07, 6.45) is 3.44. The minimum Gasteiger partial charge on any atom is -0.469 e. The topological polar surface area (TPSA) is 51.2 Å². The predicted octanol–water partition coefficient (Wildman–Crippen LogP) is 2.57. The maximum atomic E-state index is 13.5. The Hall–Kier alpha value is -1.72. The van der Waals surface area contributed by atoms with E-state index in [-0.39, 0.29) is 6.04 Å². The van der Waals surface area contributed by atoms with Crippen LogP contribution in [0.15, 0.2) is 41.0 Å². The lowest BCUT2D eigenvalue weighted by Crippen LogP contribution is -2.37. The Morgan fingerprint density at radius 1 is 1.26 bits per heavy atom. The van der Waals surface area contributed by atoms with E-state index in [0.29, 0.717) is 24.8 Å². The number of aryl methyl sites for hydroxylation is 1. The van der Waals surface area contributed by atoms with Gasteiger partial charge in [-0.3, -0.25) is 11.3 Å². The van der Waals surface area contributed by atoms with Crippen LogP contribution in [0.4, 0.5) is 8.78 Å². The van der Waals surface area contributed by atoms with E-state index in [1.165, 1.54) is 12.1 Å². The van der Waals surface area contributed by atoms with Crippen molar-refractivity contribution in [3.63, 3.8) is 0 Å². The van der Waals surface area contributed by atoms with Gasteiger partial charge in [-0.1, -0.05) is 6.07 Å². The molecule has 3 nitrogen and oxygen atoms in total. The molecule has 5 heteroatoms. The Morgan fingerprint density at radius 2 is 2.11 bits per heavy atom. The van der Waals surface area contributed by atoms with Crippen LogP contribution in [0, 0.1) is 11.6 Å². The van der Waals surface area contributed by atoms with Crippen LogP contribution < -0.4 is 11.3 Å². The minimum atomic E-state index is -0.575. The Labute approximate surface area is 110 Å². The molecule has 2 rings (SSSR count). The van der Waals surface area contributed by atoms with Gasteiger partial charge < -0.3 is 4.42 Å². The van der Waals surface area contributed by atoms with Gasteiger partial charge in [0.1, 0.15) is 17.4 Å². The lowest BCUT2D eigenvalue weighted by Gasteiger charge is -2.15. The first-order chi connectivity index (χ1) is 9.19. The Kier molecular flexibility index (Phi) is 4.65. The smallest absolute Gasteiger partial charge is 0.129 e. The van der Waals surface area contributed by atoms with Crippen molar-refractivity contribution >= 4 is 0 Å². The molecule has 102 valence electrons. The molecule has 0 aliphatic rings. The van der Waals surface area contributed by atoms with E-state index in [1.54, 1.807) is 6.26 Å². The van der Waals surface area contributed by atoms with Gasteiger partial charge in [0.25, 0.3) is 0 Å². The Morgan fingerprint density at radius 3 is 2.74 bits per heavy atom. The van der Waals surface area contributed by atoms with Gasteiger partial charge in [-0.25, -0.2) is 8.78 Å². The van der Waals surface area contributed by atoms with Gasteiger partial charge in [-0.05, 0) is 36.6 Å². The van der Waals surface area contributed by atoms with Crippen molar-refractivity contribution < 1.29 is 13.2 Å². The van der Waals surface area contributed by atoms with Gasteiger partial charge in [-0.2, -0.15) is 0 Å². The van der Waals surface area contributed by atoms with Gasteiger partial charge in [0.05, 0.1) is 6.26 Å². The number of furan rings is 1. The molecular weight excluding hydrogens is 250 g/mol. The molecule has 0 saturated heterocycles. The van der Waals surface area contributed by atoms with Crippen LogP contribution in [-0.4, -0.2) is 6.04 Å². The molecule has 0 aliphatic carbocycles. The first kappa shape index (κ1) is 13.7. The molecule has 19 heavy (non-hydrogen) atoms. The highest BCUT2D eigenvalue weighted by Crippen LogP contribution is 2.14. The highest BCUT2D eigenvalue weighted by molar-refractivity contribution is 5.19. The van der Waals surface area contributed by atoms with Crippen molar-refractivity contribution in [2.75, 3.05) is 0 Å². The van der Waals surface area contributed by atoms with Crippen molar-refractivity contribution in [2.45, 2.75) is 25.3 Å². The normalized spacial score (nSPS) is 12.6. The molecule has 1 aromatic carbocycles. The first-order valence-corrected chi connectivity index (χ1v) is 6.11. The lowest BCUT2D eigenvalue weighted by atomic mass is 10.0. The van der Waals surface area contributed by atoms with Crippen LogP contribution in [0.5, 0.6) is 0 Å². The Balaban J connectivity index is 1.94. The average molecular weight is 266 g/mol. The lowest BCUT2D eigenvalue weighted by molar-refractivity contribution is 0.442. The van der Waals surface area contributed by atoms with E-state index in [0.717, 1.165) is 11.8 Å². The van der Waals surface area contributed by atoms with Crippen molar-refractivity contribution in [3.05, 3.63) is 59.6 Å². The quantitative estimate of drug-likeness (QED) is 0.624. The molecule has 0 fully saturated rings. The second kappa shape index (κ2) is 6.45. The fourth-order valence-electron chi connectivity index (χ4n) is 1.97. The first-order valence-electron chi connectivity index (χ1n) is 6.11. The highest BCUT2D eigenvalue weighted by Gasteiger charge is 2.12. The van der Waals surface area contributed by atoms with E-state index in [1.807, 2.05) is 12.1 Å². The zero-order chi connectivity index (χ0) is 13.7. The summed E-state index contributed by atoms with van der Waals surface area (Å²) >= 11 is 0. The van der Waals surface area contributed by atoms with Gasteiger partial charge in [0, 0.05) is 18.5 Å². The fraction of sp³-hybridized carbons (Fsp3) is 0.286. The number of nitrogens with one attached hydrogen (secondary N) is 1. The number of benzene rings is 1. The second-order valence-electron chi connectivity index (χ2n) is 4.42. The van der Waals surface area contributed by atoms with Crippen molar-refractivity contribution in [3.8, 4) is 0 Å². The molecule has 1 unspecified atom stereocenters. The largest absolute Gasteiger partial charge is 0.469 e. The maximum Gasteiger partial charge on any atom is 0.129 e. The zero-order valence-electron chi connectivity index (χ0n) is 10.4. The Bertz CT molecular complexity index is 514. The van der Waals surface area contributed by atoms with Crippen LogP contribution in [-0.2, 0) is 12.8 Å². The summed E-state index contributed by atoms with van der Waals surface area (Å²) < 4.78 is 31.6. The van der Waals surface area contributed by atoms with Crippen LogP contribution in [0.3, 0.4) is 0 Å². The summed E-state index contributed by atoms with van der Waals surface area (Å²) in [6.45, 7) is 0. The third-order valence-corrected chi connectivity index (χ3v) is 3.04. The number of hydrogen-bond donors (Lipinski definition) is 2. The highest BCUT2D eigenvalue weighted by atomic mass is 19.1. The predicted molar refractivity (Wildman–Crippen MR) is 68.2 cm³/mol.